The molecule has 0 unspecified atom stereocenters. The number of rotatable bonds is 1. The van der Waals surface area contributed by atoms with Gasteiger partial charge >= 0.3 is 12.1 Å². The summed E-state index contributed by atoms with van der Waals surface area (Å²) in [7, 11) is 0. The lowest BCUT2D eigenvalue weighted by atomic mass is 9.89. The van der Waals surface area contributed by atoms with Gasteiger partial charge in [-0.25, -0.2) is 0 Å². The van der Waals surface area contributed by atoms with E-state index in [0.29, 0.717) is 24.4 Å². The van der Waals surface area contributed by atoms with E-state index in [9.17, 15) is 18.0 Å². The van der Waals surface area contributed by atoms with E-state index in [4.69, 9.17) is 11.6 Å². The van der Waals surface area contributed by atoms with Crippen LogP contribution in [0, 0.1) is 0 Å². The van der Waals surface area contributed by atoms with Crippen LogP contribution in [0.5, 0.6) is 0 Å². The molecule has 4 nitrogen and oxygen atoms in total. The minimum atomic E-state index is -4.91. The minimum Gasteiger partial charge on any atom is -0.361 e. The smallest absolute Gasteiger partial charge is 0.361 e. The second kappa shape index (κ2) is 6.64. The molecular formula is C19H17ClF3N3O. The van der Waals surface area contributed by atoms with Gasteiger partial charge in [0, 0.05) is 22.8 Å². The summed E-state index contributed by atoms with van der Waals surface area (Å²) in [5.74, 6) is -1.91. The van der Waals surface area contributed by atoms with Gasteiger partial charge in [0.05, 0.1) is 23.5 Å². The molecule has 2 aliphatic rings. The van der Waals surface area contributed by atoms with E-state index in [1.165, 1.54) is 0 Å². The van der Waals surface area contributed by atoms with Gasteiger partial charge in [0.25, 0.3) is 0 Å². The van der Waals surface area contributed by atoms with Crippen LogP contribution < -0.4 is 15.5 Å². The molecule has 0 aromatic heterocycles. The van der Waals surface area contributed by atoms with Gasteiger partial charge in [-0.05, 0) is 37.1 Å². The van der Waals surface area contributed by atoms with Crippen LogP contribution in [0.3, 0.4) is 0 Å². The number of fused-ring (bicyclic) bond motifs is 5. The maximum absolute atomic E-state index is 12.8. The van der Waals surface area contributed by atoms with Gasteiger partial charge in [0.15, 0.2) is 0 Å². The molecule has 1 fully saturated rings. The Hall–Kier alpha value is -2.41. The van der Waals surface area contributed by atoms with Crippen LogP contribution in [0.15, 0.2) is 42.5 Å². The zero-order valence-electron chi connectivity index (χ0n) is 14.2. The number of para-hydroxylation sites is 1. The van der Waals surface area contributed by atoms with E-state index in [1.807, 2.05) is 35.2 Å². The van der Waals surface area contributed by atoms with Crippen molar-refractivity contribution in [3.05, 3.63) is 53.1 Å². The number of nitrogens with zero attached hydrogens (tertiary/aromatic N) is 1. The summed E-state index contributed by atoms with van der Waals surface area (Å²) < 4.78 is 38.5. The summed E-state index contributed by atoms with van der Waals surface area (Å²) in [5.41, 5.74) is 3.30. The van der Waals surface area contributed by atoms with Crippen molar-refractivity contribution < 1.29 is 18.0 Å². The molecule has 2 atom stereocenters. The van der Waals surface area contributed by atoms with Gasteiger partial charge < -0.3 is 15.5 Å². The second-order valence-corrected chi connectivity index (χ2v) is 7.17. The van der Waals surface area contributed by atoms with Crippen molar-refractivity contribution in [2.24, 2.45) is 0 Å². The molecule has 1 amide bonds. The van der Waals surface area contributed by atoms with Crippen molar-refractivity contribution in [2.75, 3.05) is 16.8 Å². The minimum absolute atomic E-state index is 0.423. The number of alkyl halides is 3. The summed E-state index contributed by atoms with van der Waals surface area (Å²) in [6.45, 7) is 0.659. The lowest BCUT2D eigenvalue weighted by Gasteiger charge is -2.43. The van der Waals surface area contributed by atoms with Gasteiger partial charge in [-0.3, -0.25) is 4.79 Å². The second-order valence-electron chi connectivity index (χ2n) is 6.73. The molecule has 4 rings (SSSR count). The van der Waals surface area contributed by atoms with E-state index < -0.39 is 24.2 Å². The number of benzene rings is 2. The average molecular weight is 396 g/mol. The summed E-state index contributed by atoms with van der Waals surface area (Å²) in [5, 5.41) is 6.10. The number of carbonyl (C=O) groups excluding carboxylic acids is 1. The van der Waals surface area contributed by atoms with Crippen molar-refractivity contribution >= 4 is 34.6 Å². The fourth-order valence-corrected chi connectivity index (χ4v) is 4.08. The Bertz CT molecular complexity index is 887. The quantitative estimate of drug-likeness (QED) is 0.730. The van der Waals surface area contributed by atoms with Crippen LogP contribution in [0.1, 0.15) is 24.4 Å². The normalized spacial score (nSPS) is 21.3. The molecule has 0 bridgehead atoms. The predicted molar refractivity (Wildman–Crippen MR) is 98.5 cm³/mol. The molecule has 2 aliphatic heterocycles. The topological polar surface area (TPSA) is 44.4 Å². The first kappa shape index (κ1) is 18.0. The van der Waals surface area contributed by atoms with Crippen molar-refractivity contribution in [1.82, 2.24) is 5.32 Å². The Morgan fingerprint density at radius 3 is 2.74 bits per heavy atom. The van der Waals surface area contributed by atoms with Gasteiger partial charge in [0.1, 0.15) is 0 Å². The van der Waals surface area contributed by atoms with Crippen LogP contribution >= 0.6 is 11.6 Å². The average Bonchev–Trinajstić information content (AvgIpc) is 2.76. The molecule has 1 saturated heterocycles. The van der Waals surface area contributed by atoms with Crippen LogP contribution in [0.2, 0.25) is 5.02 Å². The standard InChI is InChI=1S/C19H17ClF3N3O/c20-11-7-8-14-16(10-11)26-9-3-6-15(25-18(27)19(21,22)23)17(26)12-4-1-2-5-13(12)24-14/h1-2,4-5,7-8,10,15,17,24H,3,6,9H2,(H,25,27)/t15-,17-/m0/s1. The Balaban J connectivity index is 1.81. The van der Waals surface area contributed by atoms with Gasteiger partial charge in [-0.15, -0.1) is 0 Å². The first-order chi connectivity index (χ1) is 12.8. The summed E-state index contributed by atoms with van der Waals surface area (Å²) >= 11 is 6.18. The Morgan fingerprint density at radius 1 is 1.19 bits per heavy atom. The summed E-state index contributed by atoms with van der Waals surface area (Å²) in [4.78, 5) is 13.6. The van der Waals surface area contributed by atoms with E-state index in [1.54, 1.807) is 12.1 Å². The van der Waals surface area contributed by atoms with Gasteiger partial charge in [-0.1, -0.05) is 29.8 Å². The maximum atomic E-state index is 12.8. The van der Waals surface area contributed by atoms with Gasteiger partial charge in [-0.2, -0.15) is 13.2 Å². The molecule has 0 saturated carbocycles. The molecule has 142 valence electrons. The number of nitrogens with one attached hydrogen (secondary N) is 2. The number of piperidine rings is 1. The fourth-order valence-electron chi connectivity index (χ4n) is 3.91. The van der Waals surface area contributed by atoms with Crippen molar-refractivity contribution in [2.45, 2.75) is 31.1 Å². The molecule has 2 heterocycles. The van der Waals surface area contributed by atoms with Gasteiger partial charge in [0.2, 0.25) is 0 Å². The highest BCUT2D eigenvalue weighted by atomic mass is 35.5. The van der Waals surface area contributed by atoms with E-state index in [2.05, 4.69) is 10.6 Å². The molecule has 0 radical (unpaired) electrons. The van der Waals surface area contributed by atoms with Crippen LogP contribution in [-0.4, -0.2) is 24.7 Å². The maximum Gasteiger partial charge on any atom is 0.471 e. The monoisotopic (exact) mass is 395 g/mol. The molecule has 8 heteroatoms. The third-order valence-electron chi connectivity index (χ3n) is 5.02. The van der Waals surface area contributed by atoms with E-state index in [-0.39, 0.29) is 0 Å². The highest BCUT2D eigenvalue weighted by molar-refractivity contribution is 6.31. The van der Waals surface area contributed by atoms with Crippen molar-refractivity contribution in [3.8, 4) is 0 Å². The summed E-state index contributed by atoms with van der Waals surface area (Å²) in [6.07, 6.45) is -3.79. The molecule has 2 aromatic carbocycles. The zero-order chi connectivity index (χ0) is 19.2. The summed E-state index contributed by atoms with van der Waals surface area (Å²) in [6, 6.07) is 11.8. The van der Waals surface area contributed by atoms with Crippen LogP contribution in [0.4, 0.5) is 30.2 Å². The third kappa shape index (κ3) is 3.32. The SMILES string of the molecule is O=C(N[C@H]1CCCN2c3cc(Cl)ccc3Nc3ccccc3[C@@H]12)C(F)(F)F. The van der Waals surface area contributed by atoms with E-state index in [0.717, 1.165) is 22.6 Å². The molecule has 2 N–H and O–H groups in total. The highest BCUT2D eigenvalue weighted by Gasteiger charge is 2.44. The Labute approximate surface area is 159 Å². The first-order valence-electron chi connectivity index (χ1n) is 8.64. The van der Waals surface area contributed by atoms with Crippen LogP contribution in [-0.2, 0) is 4.79 Å². The molecule has 27 heavy (non-hydrogen) atoms. The number of carbonyl (C=O) groups is 1. The molecule has 0 aliphatic carbocycles. The number of hydrogen-bond donors (Lipinski definition) is 2. The highest BCUT2D eigenvalue weighted by Crippen LogP contribution is 2.46. The van der Waals surface area contributed by atoms with E-state index >= 15 is 0 Å². The lowest BCUT2D eigenvalue weighted by Crippen LogP contribution is -2.52. The van der Waals surface area contributed by atoms with Crippen molar-refractivity contribution in [3.63, 3.8) is 0 Å². The Kier molecular flexibility index (Phi) is 4.42. The molecular weight excluding hydrogens is 379 g/mol. The largest absolute Gasteiger partial charge is 0.471 e. The fraction of sp³-hybridized carbons (Fsp3) is 0.316. The number of anilines is 3. The number of halogens is 4. The first-order valence-corrected chi connectivity index (χ1v) is 9.02. The lowest BCUT2D eigenvalue weighted by molar-refractivity contribution is -0.174. The molecule has 2 aromatic rings. The Morgan fingerprint density at radius 2 is 1.96 bits per heavy atom. The molecule has 0 spiro atoms. The number of hydrogen-bond acceptors (Lipinski definition) is 3. The number of amides is 1. The predicted octanol–water partition coefficient (Wildman–Crippen LogP) is 4.79. The van der Waals surface area contributed by atoms with Crippen LogP contribution in [0.25, 0.3) is 0 Å². The third-order valence-corrected chi connectivity index (χ3v) is 5.26. The van der Waals surface area contributed by atoms with Crippen molar-refractivity contribution in [1.29, 1.82) is 0 Å². The zero-order valence-corrected chi connectivity index (χ0v) is 14.9.